The van der Waals surface area contributed by atoms with Gasteiger partial charge in [0.05, 0.1) is 6.42 Å². The third kappa shape index (κ3) is 0.541. The minimum Gasteiger partial charge on any atom is -0.299 e. The van der Waals surface area contributed by atoms with Gasteiger partial charge in [-0.15, -0.1) is 0 Å². The molecule has 0 atom stereocenters. The van der Waals surface area contributed by atoms with Crippen molar-refractivity contribution in [1.29, 1.82) is 0 Å². The van der Waals surface area contributed by atoms with Gasteiger partial charge in [0, 0.05) is 6.42 Å². The number of Topliss-reactive ketones (excluding diaryl/α,β-unsaturated/α-hetero) is 2. The van der Waals surface area contributed by atoms with E-state index >= 15 is 0 Å². The van der Waals surface area contributed by atoms with Crippen LogP contribution in [0.5, 0.6) is 0 Å². The van der Waals surface area contributed by atoms with Crippen LogP contribution in [0.25, 0.3) is 0 Å². The fraction of sp³-hybridized carbons (Fsp3) is 0.600. The maximum atomic E-state index is 10.8. The van der Waals surface area contributed by atoms with Gasteiger partial charge in [-0.05, 0) is 0 Å². The molecule has 1 heterocycles. The molecule has 0 aromatic rings. The highest BCUT2D eigenvalue weighted by atomic mass is 16.2. The summed E-state index contributed by atoms with van der Waals surface area (Å²) in [4.78, 5) is 21.4. The van der Waals surface area contributed by atoms with Gasteiger partial charge in [-0.3, -0.25) is 9.59 Å². The number of carbonyl (C=O) groups is 2. The van der Waals surface area contributed by atoms with Gasteiger partial charge in [-0.1, -0.05) is 0 Å². The lowest BCUT2D eigenvalue weighted by Gasteiger charge is -1.91. The zero-order chi connectivity index (χ0) is 6.48. The number of hydrogen-bond donors (Lipinski definition) is 2. The molecule has 0 aromatic heterocycles. The third-order valence-corrected chi connectivity index (χ3v) is 1.72. The second-order valence-electron chi connectivity index (χ2n) is 2.47. The summed E-state index contributed by atoms with van der Waals surface area (Å²) < 4.78 is 0. The summed E-state index contributed by atoms with van der Waals surface area (Å²) in [6, 6.07) is 0. The standard InChI is InChI=1S/C5H6N2O2/c8-3-1-4(9)5(2-3)6-7-5/h6-7H,1-2H2. The lowest BCUT2D eigenvalue weighted by atomic mass is 10.2. The lowest BCUT2D eigenvalue weighted by Crippen LogP contribution is -2.22. The van der Waals surface area contributed by atoms with Crippen molar-refractivity contribution in [3.05, 3.63) is 0 Å². The highest BCUT2D eigenvalue weighted by Crippen LogP contribution is 2.26. The summed E-state index contributed by atoms with van der Waals surface area (Å²) in [5, 5.41) is 0. The molecule has 4 heteroatoms. The van der Waals surface area contributed by atoms with Crippen molar-refractivity contribution in [3.63, 3.8) is 0 Å². The summed E-state index contributed by atoms with van der Waals surface area (Å²) in [5.41, 5.74) is 4.73. The van der Waals surface area contributed by atoms with Crippen molar-refractivity contribution in [2.75, 3.05) is 0 Å². The zero-order valence-corrected chi connectivity index (χ0v) is 4.73. The lowest BCUT2D eigenvalue weighted by molar-refractivity contribution is -0.122. The van der Waals surface area contributed by atoms with Crippen LogP contribution >= 0.6 is 0 Å². The molecule has 4 nitrogen and oxygen atoms in total. The van der Waals surface area contributed by atoms with Crippen LogP contribution in [0.1, 0.15) is 12.8 Å². The monoisotopic (exact) mass is 126 g/mol. The predicted octanol–water partition coefficient (Wildman–Crippen LogP) is -1.28. The number of carbonyl (C=O) groups excluding carboxylic acids is 2. The van der Waals surface area contributed by atoms with E-state index in [2.05, 4.69) is 10.9 Å². The molecule has 1 spiro atoms. The van der Waals surface area contributed by atoms with Crippen molar-refractivity contribution in [3.8, 4) is 0 Å². The topological polar surface area (TPSA) is 78.0 Å². The van der Waals surface area contributed by atoms with E-state index in [1.165, 1.54) is 0 Å². The Morgan fingerprint density at radius 3 is 2.22 bits per heavy atom. The summed E-state index contributed by atoms with van der Waals surface area (Å²) in [5.74, 6) is 0.00463. The summed E-state index contributed by atoms with van der Waals surface area (Å²) in [6.07, 6.45) is 0.422. The van der Waals surface area contributed by atoms with Gasteiger partial charge in [-0.25, -0.2) is 10.9 Å². The molecule has 2 rings (SSSR count). The van der Waals surface area contributed by atoms with Gasteiger partial charge in [0.15, 0.2) is 11.4 Å². The molecular formula is C5H6N2O2. The maximum Gasteiger partial charge on any atom is 0.177 e. The summed E-state index contributed by atoms with van der Waals surface area (Å²) in [6.45, 7) is 0. The Balaban J connectivity index is 2.28. The molecule has 0 amide bonds. The van der Waals surface area contributed by atoms with Crippen LogP contribution in [0.4, 0.5) is 0 Å². The minimum absolute atomic E-state index is 0.0208. The SMILES string of the molecule is O=C1CC(=O)C2(C1)NN2. The Kier molecular flexibility index (Phi) is 0.689. The van der Waals surface area contributed by atoms with Crippen molar-refractivity contribution in [1.82, 2.24) is 10.9 Å². The highest BCUT2D eigenvalue weighted by Gasteiger charge is 2.55. The van der Waals surface area contributed by atoms with Crippen LogP contribution in [0, 0.1) is 0 Å². The van der Waals surface area contributed by atoms with Gasteiger partial charge in [-0.2, -0.15) is 0 Å². The third-order valence-electron chi connectivity index (χ3n) is 1.72. The van der Waals surface area contributed by atoms with Crippen LogP contribution in [-0.2, 0) is 9.59 Å². The average molecular weight is 126 g/mol. The molecule has 1 aliphatic carbocycles. The second-order valence-corrected chi connectivity index (χ2v) is 2.47. The maximum absolute atomic E-state index is 10.8. The Bertz CT molecular complexity index is 195. The van der Waals surface area contributed by atoms with Crippen molar-refractivity contribution < 1.29 is 9.59 Å². The van der Waals surface area contributed by atoms with E-state index in [4.69, 9.17) is 0 Å². The first-order valence-corrected chi connectivity index (χ1v) is 2.82. The normalized spacial score (nSPS) is 29.8. The fourth-order valence-electron chi connectivity index (χ4n) is 1.09. The number of ketones is 2. The van der Waals surface area contributed by atoms with Crippen LogP contribution < -0.4 is 10.9 Å². The Hall–Kier alpha value is -0.740. The van der Waals surface area contributed by atoms with Crippen LogP contribution in [0.3, 0.4) is 0 Å². The molecule has 0 radical (unpaired) electrons. The van der Waals surface area contributed by atoms with Gasteiger partial charge in [0.25, 0.3) is 0 Å². The number of hydrogen-bond acceptors (Lipinski definition) is 4. The number of rotatable bonds is 0. The molecule has 48 valence electrons. The first-order chi connectivity index (χ1) is 4.23. The van der Waals surface area contributed by atoms with Gasteiger partial charge in [0.2, 0.25) is 0 Å². The van der Waals surface area contributed by atoms with Crippen LogP contribution in [0.2, 0.25) is 0 Å². The number of hydrazine groups is 1. The quantitative estimate of drug-likeness (QED) is 0.313. The second kappa shape index (κ2) is 1.22. The first kappa shape index (κ1) is 5.08. The zero-order valence-electron chi connectivity index (χ0n) is 4.73. The molecule has 2 aliphatic rings. The molecule has 9 heavy (non-hydrogen) atoms. The molecule has 2 fully saturated rings. The molecule has 1 saturated heterocycles. The summed E-state index contributed by atoms with van der Waals surface area (Å²) in [7, 11) is 0. The highest BCUT2D eigenvalue weighted by molar-refractivity contribution is 6.12. The molecule has 2 N–H and O–H groups in total. The van der Waals surface area contributed by atoms with E-state index in [9.17, 15) is 9.59 Å². The van der Waals surface area contributed by atoms with E-state index < -0.39 is 5.66 Å². The molecular weight excluding hydrogens is 120 g/mol. The largest absolute Gasteiger partial charge is 0.299 e. The number of nitrogens with one attached hydrogen (secondary N) is 2. The molecule has 0 bridgehead atoms. The van der Waals surface area contributed by atoms with Gasteiger partial charge >= 0.3 is 0 Å². The smallest absolute Gasteiger partial charge is 0.177 e. The molecule has 1 aliphatic heterocycles. The first-order valence-electron chi connectivity index (χ1n) is 2.82. The van der Waals surface area contributed by atoms with Crippen LogP contribution in [-0.4, -0.2) is 17.2 Å². The van der Waals surface area contributed by atoms with E-state index in [1.54, 1.807) is 0 Å². The van der Waals surface area contributed by atoms with E-state index in [0.717, 1.165) is 0 Å². The minimum atomic E-state index is -0.614. The predicted molar refractivity (Wildman–Crippen MR) is 28.3 cm³/mol. The van der Waals surface area contributed by atoms with E-state index in [-0.39, 0.29) is 18.0 Å². The van der Waals surface area contributed by atoms with Crippen molar-refractivity contribution in [2.45, 2.75) is 18.5 Å². The van der Waals surface area contributed by atoms with Gasteiger partial charge in [0.1, 0.15) is 5.78 Å². The Morgan fingerprint density at radius 2 is 2.00 bits per heavy atom. The Labute approximate surface area is 51.6 Å². The van der Waals surface area contributed by atoms with Crippen LogP contribution in [0.15, 0.2) is 0 Å². The van der Waals surface area contributed by atoms with E-state index in [0.29, 0.717) is 6.42 Å². The average Bonchev–Trinajstić information content (AvgIpc) is 2.42. The summed E-state index contributed by atoms with van der Waals surface area (Å²) >= 11 is 0. The van der Waals surface area contributed by atoms with Gasteiger partial charge < -0.3 is 0 Å². The molecule has 1 saturated carbocycles. The molecule has 0 unspecified atom stereocenters. The van der Waals surface area contributed by atoms with Crippen molar-refractivity contribution >= 4 is 11.6 Å². The molecule has 0 aromatic carbocycles. The Morgan fingerprint density at radius 1 is 1.33 bits per heavy atom. The van der Waals surface area contributed by atoms with E-state index in [1.807, 2.05) is 0 Å². The van der Waals surface area contributed by atoms with Crippen molar-refractivity contribution in [2.24, 2.45) is 0 Å². The fourth-order valence-corrected chi connectivity index (χ4v) is 1.09.